The first-order valence-corrected chi connectivity index (χ1v) is 6.03. The summed E-state index contributed by atoms with van der Waals surface area (Å²) in [5.41, 5.74) is -0.685. The number of nitrogens with zero attached hydrogens (tertiary/aromatic N) is 1. The van der Waals surface area contributed by atoms with Crippen molar-refractivity contribution in [3.63, 3.8) is 0 Å². The Balaban J connectivity index is 2.02. The van der Waals surface area contributed by atoms with Gasteiger partial charge in [-0.05, 0) is 18.1 Å². The number of carbonyl (C=O) groups is 1. The monoisotopic (exact) mass is 257 g/mol. The standard InChI is InChI=1S/C13H14F3NO/c14-13(15,16)10-5-6-11(17-8-10)12(18)7-9-3-1-2-4-9/h5-6,8-9H,1-4,7H2. The first-order chi connectivity index (χ1) is 8.47. The molecule has 2 nitrogen and oxygen atoms in total. The molecule has 1 saturated carbocycles. The molecule has 0 N–H and O–H groups in total. The summed E-state index contributed by atoms with van der Waals surface area (Å²) in [4.78, 5) is 15.4. The van der Waals surface area contributed by atoms with E-state index >= 15 is 0 Å². The maximum Gasteiger partial charge on any atom is 0.417 e. The number of ketones is 1. The Labute approximate surface area is 103 Å². The minimum absolute atomic E-state index is 0.134. The summed E-state index contributed by atoms with van der Waals surface area (Å²) >= 11 is 0. The first-order valence-electron chi connectivity index (χ1n) is 6.03. The van der Waals surface area contributed by atoms with Gasteiger partial charge >= 0.3 is 6.18 Å². The van der Waals surface area contributed by atoms with Crippen molar-refractivity contribution in [1.82, 2.24) is 4.98 Å². The van der Waals surface area contributed by atoms with Crippen LogP contribution in [0, 0.1) is 5.92 Å². The van der Waals surface area contributed by atoms with Crippen molar-refractivity contribution < 1.29 is 18.0 Å². The Morgan fingerprint density at radius 3 is 2.44 bits per heavy atom. The normalized spacial score (nSPS) is 17.1. The number of rotatable bonds is 3. The predicted octanol–water partition coefficient (Wildman–Crippen LogP) is 3.86. The van der Waals surface area contributed by atoms with Crippen LogP contribution in [0.1, 0.15) is 48.2 Å². The van der Waals surface area contributed by atoms with E-state index in [4.69, 9.17) is 0 Å². The molecule has 0 spiro atoms. The number of carbonyl (C=O) groups excluding carboxylic acids is 1. The van der Waals surface area contributed by atoms with Crippen molar-refractivity contribution in [2.75, 3.05) is 0 Å². The van der Waals surface area contributed by atoms with Crippen LogP contribution in [0.25, 0.3) is 0 Å². The average molecular weight is 257 g/mol. The zero-order valence-corrected chi connectivity index (χ0v) is 9.83. The Morgan fingerprint density at radius 2 is 1.94 bits per heavy atom. The minimum atomic E-state index is -4.40. The summed E-state index contributed by atoms with van der Waals surface area (Å²) in [6.45, 7) is 0. The smallest absolute Gasteiger partial charge is 0.292 e. The topological polar surface area (TPSA) is 30.0 Å². The summed E-state index contributed by atoms with van der Waals surface area (Å²) in [6, 6.07) is 2.08. The molecule has 1 aliphatic rings. The van der Waals surface area contributed by atoms with E-state index in [-0.39, 0.29) is 11.5 Å². The van der Waals surface area contributed by atoms with Gasteiger partial charge in [0.05, 0.1) is 5.56 Å². The van der Waals surface area contributed by atoms with Crippen LogP contribution in [0.2, 0.25) is 0 Å². The highest BCUT2D eigenvalue weighted by Gasteiger charge is 2.31. The van der Waals surface area contributed by atoms with Gasteiger partial charge in [0.2, 0.25) is 0 Å². The highest BCUT2D eigenvalue weighted by Crippen LogP contribution is 2.30. The molecular formula is C13H14F3NO. The zero-order valence-electron chi connectivity index (χ0n) is 9.83. The van der Waals surface area contributed by atoms with E-state index in [0.717, 1.165) is 37.9 Å². The summed E-state index contributed by atoms with van der Waals surface area (Å²) < 4.78 is 37.0. The molecule has 98 valence electrons. The van der Waals surface area contributed by atoms with Crippen LogP contribution in [-0.2, 0) is 6.18 Å². The van der Waals surface area contributed by atoms with Gasteiger partial charge in [-0.1, -0.05) is 25.7 Å². The van der Waals surface area contributed by atoms with Crippen molar-refractivity contribution >= 4 is 5.78 Å². The lowest BCUT2D eigenvalue weighted by Gasteiger charge is -2.08. The van der Waals surface area contributed by atoms with E-state index in [9.17, 15) is 18.0 Å². The lowest BCUT2D eigenvalue weighted by Crippen LogP contribution is -2.10. The first kappa shape index (κ1) is 13.1. The zero-order chi connectivity index (χ0) is 13.2. The van der Waals surface area contributed by atoms with Gasteiger partial charge in [-0.3, -0.25) is 9.78 Å². The second-order valence-electron chi connectivity index (χ2n) is 4.71. The summed E-state index contributed by atoms with van der Waals surface area (Å²) in [6.07, 6.45) is 1.07. The molecule has 0 amide bonds. The molecule has 0 unspecified atom stereocenters. The van der Waals surface area contributed by atoms with E-state index in [2.05, 4.69) is 4.98 Å². The highest BCUT2D eigenvalue weighted by atomic mass is 19.4. The van der Waals surface area contributed by atoms with E-state index in [1.807, 2.05) is 0 Å². The molecule has 1 fully saturated rings. The van der Waals surface area contributed by atoms with Crippen molar-refractivity contribution in [1.29, 1.82) is 0 Å². The highest BCUT2D eigenvalue weighted by molar-refractivity contribution is 5.94. The van der Waals surface area contributed by atoms with Crippen LogP contribution >= 0.6 is 0 Å². The van der Waals surface area contributed by atoms with Crippen LogP contribution < -0.4 is 0 Å². The molecular weight excluding hydrogens is 243 g/mol. The van der Waals surface area contributed by atoms with Gasteiger partial charge in [-0.15, -0.1) is 0 Å². The summed E-state index contributed by atoms with van der Waals surface area (Å²) in [7, 11) is 0. The fourth-order valence-electron chi connectivity index (χ4n) is 2.31. The Bertz CT molecular complexity index is 419. The number of hydrogen-bond acceptors (Lipinski definition) is 2. The van der Waals surface area contributed by atoms with Crippen molar-refractivity contribution in [3.8, 4) is 0 Å². The fraction of sp³-hybridized carbons (Fsp3) is 0.538. The SMILES string of the molecule is O=C(CC1CCCC1)c1ccc(C(F)(F)F)cn1. The number of halogens is 3. The lowest BCUT2D eigenvalue weighted by atomic mass is 9.99. The Morgan fingerprint density at radius 1 is 1.28 bits per heavy atom. The number of aromatic nitrogens is 1. The van der Waals surface area contributed by atoms with Crippen LogP contribution in [0.4, 0.5) is 13.2 Å². The molecule has 0 saturated heterocycles. The molecule has 1 aromatic heterocycles. The lowest BCUT2D eigenvalue weighted by molar-refractivity contribution is -0.137. The quantitative estimate of drug-likeness (QED) is 0.769. The second kappa shape index (κ2) is 5.08. The Hall–Kier alpha value is -1.39. The van der Waals surface area contributed by atoms with Crippen molar-refractivity contribution in [2.45, 2.75) is 38.3 Å². The number of pyridine rings is 1. The third kappa shape index (κ3) is 3.09. The van der Waals surface area contributed by atoms with Gasteiger partial charge in [0, 0.05) is 12.6 Å². The maximum atomic E-state index is 12.3. The Kier molecular flexibility index (Phi) is 3.68. The number of alkyl halides is 3. The van der Waals surface area contributed by atoms with Crippen molar-refractivity contribution in [2.24, 2.45) is 5.92 Å². The third-order valence-corrected chi connectivity index (χ3v) is 3.33. The fourth-order valence-corrected chi connectivity index (χ4v) is 2.31. The van der Waals surface area contributed by atoms with Gasteiger partial charge in [-0.2, -0.15) is 13.2 Å². The van der Waals surface area contributed by atoms with E-state index in [1.165, 1.54) is 6.07 Å². The predicted molar refractivity (Wildman–Crippen MR) is 60.1 cm³/mol. The van der Waals surface area contributed by atoms with Gasteiger partial charge in [0.1, 0.15) is 5.69 Å². The van der Waals surface area contributed by atoms with E-state index < -0.39 is 11.7 Å². The number of Topliss-reactive ketones (excluding diaryl/α,β-unsaturated/α-hetero) is 1. The molecule has 0 aliphatic heterocycles. The van der Waals surface area contributed by atoms with Gasteiger partial charge < -0.3 is 0 Å². The van der Waals surface area contributed by atoms with Crippen LogP contribution in [0.5, 0.6) is 0 Å². The van der Waals surface area contributed by atoms with Crippen LogP contribution in [0.15, 0.2) is 18.3 Å². The molecule has 18 heavy (non-hydrogen) atoms. The molecule has 5 heteroatoms. The molecule has 1 heterocycles. The second-order valence-corrected chi connectivity index (χ2v) is 4.71. The van der Waals surface area contributed by atoms with Gasteiger partial charge in [0.15, 0.2) is 5.78 Å². The molecule has 2 rings (SSSR count). The van der Waals surface area contributed by atoms with Crippen molar-refractivity contribution in [3.05, 3.63) is 29.6 Å². The third-order valence-electron chi connectivity index (χ3n) is 3.33. The molecule has 0 aromatic carbocycles. The van der Waals surface area contributed by atoms with Gasteiger partial charge in [0.25, 0.3) is 0 Å². The molecule has 0 atom stereocenters. The maximum absolute atomic E-state index is 12.3. The molecule has 1 aromatic rings. The average Bonchev–Trinajstić information content (AvgIpc) is 2.81. The number of hydrogen-bond donors (Lipinski definition) is 0. The summed E-state index contributed by atoms with van der Waals surface area (Å²) in [5, 5.41) is 0. The summed E-state index contributed by atoms with van der Waals surface area (Å²) in [5.74, 6) is 0.220. The molecule has 0 bridgehead atoms. The molecule has 1 aliphatic carbocycles. The van der Waals surface area contributed by atoms with Crippen LogP contribution in [-0.4, -0.2) is 10.8 Å². The largest absolute Gasteiger partial charge is 0.417 e. The molecule has 0 radical (unpaired) electrons. The van der Waals surface area contributed by atoms with Gasteiger partial charge in [-0.25, -0.2) is 0 Å². The van der Waals surface area contributed by atoms with E-state index in [1.54, 1.807) is 0 Å². The minimum Gasteiger partial charge on any atom is -0.292 e. The van der Waals surface area contributed by atoms with E-state index in [0.29, 0.717) is 12.3 Å². The van der Waals surface area contributed by atoms with Crippen LogP contribution in [0.3, 0.4) is 0 Å².